The Morgan fingerprint density at radius 1 is 1.50 bits per heavy atom. The van der Waals surface area contributed by atoms with Crippen molar-refractivity contribution in [3.05, 3.63) is 28.8 Å². The zero-order chi connectivity index (χ0) is 13.2. The predicted molar refractivity (Wildman–Crippen MR) is 74.8 cm³/mol. The number of hydrogen-bond donors (Lipinski definition) is 2. The van der Waals surface area contributed by atoms with E-state index >= 15 is 0 Å². The Hall–Kier alpha value is -1.06. The maximum absolute atomic E-state index is 12.0. The molecule has 0 heterocycles. The number of carbonyl (C=O) groups excluding carboxylic acids is 1. The highest BCUT2D eigenvalue weighted by atomic mass is 35.5. The Morgan fingerprint density at radius 3 is 2.78 bits per heavy atom. The molecule has 0 unspecified atom stereocenters. The average molecular weight is 267 g/mol. The fraction of sp³-hybridized carbons (Fsp3) is 0.500. The third-order valence-electron chi connectivity index (χ3n) is 3.78. The maximum atomic E-state index is 12.0. The largest absolute Gasteiger partial charge is 0.330 e. The van der Waals surface area contributed by atoms with Gasteiger partial charge in [0.1, 0.15) is 0 Å². The lowest BCUT2D eigenvalue weighted by atomic mass is 9.66. The second kappa shape index (κ2) is 5.29. The smallest absolute Gasteiger partial charge is 0.225 e. The number of aryl methyl sites for hydroxylation is 1. The molecule has 4 heteroatoms. The summed E-state index contributed by atoms with van der Waals surface area (Å²) in [6, 6.07) is 5.61. The highest BCUT2D eigenvalue weighted by Crippen LogP contribution is 2.43. The van der Waals surface area contributed by atoms with Crippen molar-refractivity contribution in [1.29, 1.82) is 0 Å². The Kier molecular flexibility index (Phi) is 3.93. The van der Waals surface area contributed by atoms with E-state index in [9.17, 15) is 4.79 Å². The van der Waals surface area contributed by atoms with Gasteiger partial charge in [-0.05, 0) is 49.4 Å². The van der Waals surface area contributed by atoms with Crippen LogP contribution in [0.4, 0.5) is 5.69 Å². The van der Waals surface area contributed by atoms with E-state index in [0.717, 1.165) is 18.4 Å². The van der Waals surface area contributed by atoms with E-state index in [0.29, 0.717) is 23.7 Å². The fourth-order valence-corrected chi connectivity index (χ4v) is 2.56. The number of halogens is 1. The average Bonchev–Trinajstić information content (AvgIpc) is 2.28. The Morgan fingerprint density at radius 2 is 2.22 bits per heavy atom. The predicted octanol–water partition coefficient (Wildman–Crippen LogP) is 3.11. The van der Waals surface area contributed by atoms with E-state index in [-0.39, 0.29) is 11.3 Å². The van der Waals surface area contributed by atoms with Crippen LogP contribution in [0, 0.1) is 12.3 Å². The van der Waals surface area contributed by atoms with E-state index in [1.165, 1.54) is 6.42 Å². The zero-order valence-electron chi connectivity index (χ0n) is 10.6. The molecule has 0 atom stereocenters. The van der Waals surface area contributed by atoms with Gasteiger partial charge in [-0.15, -0.1) is 0 Å². The van der Waals surface area contributed by atoms with Crippen molar-refractivity contribution in [1.82, 2.24) is 0 Å². The molecule has 1 aliphatic carbocycles. The van der Waals surface area contributed by atoms with Gasteiger partial charge in [0.15, 0.2) is 0 Å². The second-order valence-corrected chi connectivity index (χ2v) is 5.67. The van der Waals surface area contributed by atoms with Crippen LogP contribution >= 0.6 is 11.6 Å². The molecule has 3 nitrogen and oxygen atoms in total. The molecule has 1 saturated carbocycles. The van der Waals surface area contributed by atoms with Gasteiger partial charge < -0.3 is 11.1 Å². The van der Waals surface area contributed by atoms with E-state index in [1.54, 1.807) is 6.07 Å². The molecule has 3 N–H and O–H groups in total. The van der Waals surface area contributed by atoms with Crippen LogP contribution < -0.4 is 11.1 Å². The number of amides is 1. The molecule has 98 valence electrons. The third kappa shape index (κ3) is 2.85. The summed E-state index contributed by atoms with van der Waals surface area (Å²) in [5.74, 6) is 0.00708. The molecule has 1 aliphatic rings. The molecule has 0 aliphatic heterocycles. The highest BCUT2D eigenvalue weighted by Gasteiger charge is 2.37. The lowest BCUT2D eigenvalue weighted by Gasteiger charge is -2.40. The molecule has 1 amide bonds. The first-order valence-corrected chi connectivity index (χ1v) is 6.69. The van der Waals surface area contributed by atoms with Gasteiger partial charge in [0.05, 0.1) is 10.7 Å². The first-order chi connectivity index (χ1) is 8.54. The molecule has 0 bridgehead atoms. The van der Waals surface area contributed by atoms with Crippen molar-refractivity contribution < 1.29 is 4.79 Å². The van der Waals surface area contributed by atoms with Gasteiger partial charge in [-0.1, -0.05) is 24.1 Å². The number of nitrogens with one attached hydrogen (secondary N) is 1. The van der Waals surface area contributed by atoms with Crippen molar-refractivity contribution in [3.8, 4) is 0 Å². The van der Waals surface area contributed by atoms with Crippen LogP contribution in [-0.4, -0.2) is 12.5 Å². The minimum atomic E-state index is 0.00708. The van der Waals surface area contributed by atoms with Crippen LogP contribution in [0.2, 0.25) is 5.02 Å². The normalized spacial score (nSPS) is 17.1. The summed E-state index contributed by atoms with van der Waals surface area (Å²) in [6.07, 6.45) is 3.78. The molecule has 0 aromatic heterocycles. The Labute approximate surface area is 113 Å². The topological polar surface area (TPSA) is 55.1 Å². The fourth-order valence-electron chi connectivity index (χ4n) is 2.40. The summed E-state index contributed by atoms with van der Waals surface area (Å²) in [6.45, 7) is 2.56. The molecule has 2 rings (SSSR count). The van der Waals surface area contributed by atoms with Gasteiger partial charge in [0, 0.05) is 6.42 Å². The summed E-state index contributed by atoms with van der Waals surface area (Å²) in [5, 5.41) is 3.46. The number of carbonyl (C=O) groups is 1. The molecular weight excluding hydrogens is 248 g/mol. The van der Waals surface area contributed by atoms with Gasteiger partial charge in [-0.2, -0.15) is 0 Å². The SMILES string of the molecule is Cc1ccc(Cl)c(NC(=O)CC2(CN)CCC2)c1. The molecule has 18 heavy (non-hydrogen) atoms. The van der Waals surface area contributed by atoms with Crippen LogP contribution in [0.25, 0.3) is 0 Å². The molecule has 1 aromatic rings. The summed E-state index contributed by atoms with van der Waals surface area (Å²) >= 11 is 6.05. The van der Waals surface area contributed by atoms with Crippen molar-refractivity contribution in [2.75, 3.05) is 11.9 Å². The van der Waals surface area contributed by atoms with Gasteiger partial charge >= 0.3 is 0 Å². The van der Waals surface area contributed by atoms with Crippen LogP contribution in [0.15, 0.2) is 18.2 Å². The Bertz CT molecular complexity index is 450. The monoisotopic (exact) mass is 266 g/mol. The third-order valence-corrected chi connectivity index (χ3v) is 4.11. The van der Waals surface area contributed by atoms with E-state index in [2.05, 4.69) is 5.32 Å². The van der Waals surface area contributed by atoms with Crippen LogP contribution in [0.1, 0.15) is 31.2 Å². The summed E-state index contributed by atoms with van der Waals surface area (Å²) in [5.41, 5.74) is 7.55. The number of hydrogen-bond acceptors (Lipinski definition) is 2. The van der Waals surface area contributed by atoms with E-state index in [1.807, 2.05) is 19.1 Å². The van der Waals surface area contributed by atoms with Crippen molar-refractivity contribution >= 4 is 23.2 Å². The van der Waals surface area contributed by atoms with Crippen LogP contribution in [0.3, 0.4) is 0 Å². The molecule has 0 spiro atoms. The van der Waals surface area contributed by atoms with E-state index < -0.39 is 0 Å². The Balaban J connectivity index is 2.00. The van der Waals surface area contributed by atoms with Crippen LogP contribution in [-0.2, 0) is 4.79 Å². The molecular formula is C14H19ClN2O. The number of rotatable bonds is 4. The van der Waals surface area contributed by atoms with Crippen LogP contribution in [0.5, 0.6) is 0 Å². The van der Waals surface area contributed by atoms with Gasteiger partial charge in [-0.25, -0.2) is 0 Å². The van der Waals surface area contributed by atoms with Crippen molar-refractivity contribution in [3.63, 3.8) is 0 Å². The molecule has 1 fully saturated rings. The number of benzene rings is 1. The van der Waals surface area contributed by atoms with E-state index in [4.69, 9.17) is 17.3 Å². The first-order valence-electron chi connectivity index (χ1n) is 6.31. The maximum Gasteiger partial charge on any atom is 0.225 e. The summed E-state index contributed by atoms with van der Waals surface area (Å²) in [7, 11) is 0. The molecule has 1 aromatic carbocycles. The highest BCUT2D eigenvalue weighted by molar-refractivity contribution is 6.33. The second-order valence-electron chi connectivity index (χ2n) is 5.27. The van der Waals surface area contributed by atoms with Gasteiger partial charge in [-0.3, -0.25) is 4.79 Å². The zero-order valence-corrected chi connectivity index (χ0v) is 11.4. The summed E-state index contributed by atoms with van der Waals surface area (Å²) < 4.78 is 0. The van der Waals surface area contributed by atoms with Gasteiger partial charge in [0.25, 0.3) is 0 Å². The van der Waals surface area contributed by atoms with Crippen molar-refractivity contribution in [2.24, 2.45) is 11.1 Å². The number of nitrogens with two attached hydrogens (primary N) is 1. The molecule has 0 saturated heterocycles. The quantitative estimate of drug-likeness (QED) is 0.880. The van der Waals surface area contributed by atoms with Crippen molar-refractivity contribution in [2.45, 2.75) is 32.6 Å². The molecule has 0 radical (unpaired) electrons. The lowest BCUT2D eigenvalue weighted by Crippen LogP contribution is -2.40. The standard InChI is InChI=1S/C14H19ClN2O/c1-10-3-4-11(15)12(7-10)17-13(18)8-14(9-16)5-2-6-14/h3-4,7H,2,5-6,8-9,16H2,1H3,(H,17,18). The lowest BCUT2D eigenvalue weighted by molar-refractivity contribution is -0.119. The van der Waals surface area contributed by atoms with Gasteiger partial charge in [0.2, 0.25) is 5.91 Å². The first kappa shape index (κ1) is 13.4. The summed E-state index contributed by atoms with van der Waals surface area (Å²) in [4.78, 5) is 12.0. The number of anilines is 1. The minimum absolute atomic E-state index is 0.00708. The minimum Gasteiger partial charge on any atom is -0.330 e.